The Balaban J connectivity index is 1.67. The van der Waals surface area contributed by atoms with E-state index in [0.29, 0.717) is 32.0 Å². The number of aliphatic carboxylic acids is 1. The molecule has 1 saturated heterocycles. The Hall–Kier alpha value is -1.98. The minimum absolute atomic E-state index is 0.0668. The maximum atomic E-state index is 12.0. The number of carboxylic acids is 1. The quantitative estimate of drug-likeness (QED) is 0.865. The number of nitrogens with zero attached hydrogens (tertiary/aromatic N) is 1. The normalized spacial score (nSPS) is 16.1. The first-order chi connectivity index (χ1) is 9.65. The molecule has 6 heteroatoms. The molecule has 1 fully saturated rings. The van der Waals surface area contributed by atoms with Crippen LogP contribution < -0.4 is 5.32 Å². The smallest absolute Gasteiger partial charge is 0.317 e. The largest absolute Gasteiger partial charge is 0.481 e. The summed E-state index contributed by atoms with van der Waals surface area (Å²) in [5.41, 5.74) is 0.940. The molecule has 0 bridgehead atoms. The third-order valence-corrected chi connectivity index (χ3v) is 3.69. The van der Waals surface area contributed by atoms with Crippen LogP contribution in [0.3, 0.4) is 0 Å². The van der Waals surface area contributed by atoms with E-state index in [2.05, 4.69) is 5.32 Å². The van der Waals surface area contributed by atoms with Crippen molar-refractivity contribution in [2.24, 2.45) is 5.92 Å². The molecule has 20 heavy (non-hydrogen) atoms. The standard InChI is InChI=1S/C14H20N2O4/c17-13(18)2-1-11-3-6-16(7-4-11)14(19)15-9-12-5-8-20-10-12/h5,8,10-11H,1-4,6-7,9H2,(H,15,19)(H,17,18). The van der Waals surface area contributed by atoms with Gasteiger partial charge in [0.05, 0.1) is 12.5 Å². The van der Waals surface area contributed by atoms with Crippen molar-refractivity contribution >= 4 is 12.0 Å². The number of likely N-dealkylation sites (tertiary alicyclic amines) is 1. The SMILES string of the molecule is O=C(O)CCC1CCN(C(=O)NCc2ccoc2)CC1. The Morgan fingerprint density at radius 3 is 2.75 bits per heavy atom. The molecule has 6 nitrogen and oxygen atoms in total. The molecule has 1 aromatic heterocycles. The van der Waals surface area contributed by atoms with Gasteiger partial charge in [0.1, 0.15) is 0 Å². The molecule has 0 unspecified atom stereocenters. The summed E-state index contributed by atoms with van der Waals surface area (Å²) < 4.78 is 4.94. The first-order valence-corrected chi connectivity index (χ1v) is 6.91. The highest BCUT2D eigenvalue weighted by Crippen LogP contribution is 2.21. The number of carboxylic acid groups (broad SMARTS) is 1. The predicted octanol–water partition coefficient (Wildman–Crippen LogP) is 2.07. The lowest BCUT2D eigenvalue weighted by atomic mass is 9.92. The van der Waals surface area contributed by atoms with Crippen LogP contribution in [0.1, 0.15) is 31.2 Å². The van der Waals surface area contributed by atoms with Gasteiger partial charge in [-0.25, -0.2) is 4.79 Å². The van der Waals surface area contributed by atoms with E-state index in [4.69, 9.17) is 9.52 Å². The van der Waals surface area contributed by atoms with E-state index >= 15 is 0 Å². The van der Waals surface area contributed by atoms with Crippen molar-refractivity contribution < 1.29 is 19.1 Å². The Labute approximate surface area is 117 Å². The number of hydrogen-bond donors (Lipinski definition) is 2. The zero-order chi connectivity index (χ0) is 14.4. The number of amides is 2. The number of piperidine rings is 1. The zero-order valence-electron chi connectivity index (χ0n) is 11.4. The molecule has 0 atom stereocenters. The Bertz CT molecular complexity index is 436. The van der Waals surface area contributed by atoms with Gasteiger partial charge in [-0.05, 0) is 31.2 Å². The molecular weight excluding hydrogens is 260 g/mol. The molecule has 2 rings (SSSR count). The van der Waals surface area contributed by atoms with Crippen LogP contribution in [0.25, 0.3) is 0 Å². The molecule has 0 saturated carbocycles. The highest BCUT2D eigenvalue weighted by Gasteiger charge is 2.22. The number of carbonyl (C=O) groups is 2. The second-order valence-corrected chi connectivity index (χ2v) is 5.15. The third-order valence-electron chi connectivity index (χ3n) is 3.69. The summed E-state index contributed by atoms with van der Waals surface area (Å²) in [6.07, 6.45) is 5.88. The summed E-state index contributed by atoms with van der Waals surface area (Å²) in [5, 5.41) is 11.5. The summed E-state index contributed by atoms with van der Waals surface area (Å²) in [7, 11) is 0. The summed E-state index contributed by atoms with van der Waals surface area (Å²) >= 11 is 0. The fourth-order valence-corrected chi connectivity index (χ4v) is 2.44. The maximum Gasteiger partial charge on any atom is 0.317 e. The molecule has 1 aliphatic heterocycles. The predicted molar refractivity (Wildman–Crippen MR) is 72.1 cm³/mol. The van der Waals surface area contributed by atoms with E-state index in [9.17, 15) is 9.59 Å². The Kier molecular flexibility index (Phi) is 5.03. The molecule has 2 N–H and O–H groups in total. The lowest BCUT2D eigenvalue weighted by molar-refractivity contribution is -0.137. The fourth-order valence-electron chi connectivity index (χ4n) is 2.44. The Morgan fingerprint density at radius 1 is 1.40 bits per heavy atom. The van der Waals surface area contributed by atoms with E-state index in [0.717, 1.165) is 18.4 Å². The van der Waals surface area contributed by atoms with Crippen LogP contribution in [0.5, 0.6) is 0 Å². The van der Waals surface area contributed by atoms with Gasteiger partial charge in [0.2, 0.25) is 0 Å². The van der Waals surface area contributed by atoms with Gasteiger partial charge < -0.3 is 19.7 Å². The molecule has 110 valence electrons. The van der Waals surface area contributed by atoms with Gasteiger partial charge in [0.15, 0.2) is 0 Å². The third kappa shape index (κ3) is 4.29. The summed E-state index contributed by atoms with van der Waals surface area (Å²) in [5.74, 6) is -0.325. The molecular formula is C14H20N2O4. The van der Waals surface area contributed by atoms with Gasteiger partial charge in [-0.1, -0.05) is 0 Å². The van der Waals surface area contributed by atoms with Crippen LogP contribution in [0, 0.1) is 5.92 Å². The molecule has 0 radical (unpaired) electrons. The van der Waals surface area contributed by atoms with Crippen molar-refractivity contribution in [1.29, 1.82) is 0 Å². The molecule has 0 aromatic carbocycles. The van der Waals surface area contributed by atoms with Crippen LogP contribution in [0.2, 0.25) is 0 Å². The van der Waals surface area contributed by atoms with Gasteiger partial charge >= 0.3 is 12.0 Å². The van der Waals surface area contributed by atoms with Crippen molar-refractivity contribution in [3.63, 3.8) is 0 Å². The van der Waals surface area contributed by atoms with Crippen LogP contribution in [-0.2, 0) is 11.3 Å². The average molecular weight is 280 g/mol. The highest BCUT2D eigenvalue weighted by molar-refractivity contribution is 5.74. The lowest BCUT2D eigenvalue weighted by Gasteiger charge is -2.31. The summed E-state index contributed by atoms with van der Waals surface area (Å²) in [6.45, 7) is 1.86. The number of carbonyl (C=O) groups excluding carboxylic acids is 1. The number of urea groups is 1. The topological polar surface area (TPSA) is 82.8 Å². The molecule has 0 spiro atoms. The van der Waals surface area contributed by atoms with Gasteiger partial charge in [-0.15, -0.1) is 0 Å². The molecule has 1 aromatic rings. The van der Waals surface area contributed by atoms with Crippen molar-refractivity contribution in [1.82, 2.24) is 10.2 Å². The van der Waals surface area contributed by atoms with Crippen LogP contribution in [-0.4, -0.2) is 35.1 Å². The lowest BCUT2D eigenvalue weighted by Crippen LogP contribution is -2.44. The van der Waals surface area contributed by atoms with Crippen LogP contribution >= 0.6 is 0 Å². The van der Waals surface area contributed by atoms with E-state index in [-0.39, 0.29) is 12.5 Å². The van der Waals surface area contributed by atoms with Gasteiger partial charge in [0.25, 0.3) is 0 Å². The first-order valence-electron chi connectivity index (χ1n) is 6.91. The summed E-state index contributed by atoms with van der Waals surface area (Å²) in [6, 6.07) is 1.75. The molecule has 2 heterocycles. The van der Waals surface area contributed by atoms with Gasteiger partial charge in [-0.3, -0.25) is 4.79 Å². The van der Waals surface area contributed by atoms with E-state index < -0.39 is 5.97 Å². The maximum absolute atomic E-state index is 12.0. The fraction of sp³-hybridized carbons (Fsp3) is 0.571. The average Bonchev–Trinajstić information content (AvgIpc) is 2.96. The first kappa shape index (κ1) is 14.4. The van der Waals surface area contributed by atoms with Crippen LogP contribution in [0.4, 0.5) is 4.79 Å². The van der Waals surface area contributed by atoms with Crippen LogP contribution in [0.15, 0.2) is 23.0 Å². The second-order valence-electron chi connectivity index (χ2n) is 5.15. The molecule has 0 aliphatic carbocycles. The number of furan rings is 1. The molecule has 2 amide bonds. The minimum atomic E-state index is -0.745. The second kappa shape index (κ2) is 6.98. The van der Waals surface area contributed by atoms with Gasteiger partial charge in [0, 0.05) is 31.6 Å². The monoisotopic (exact) mass is 280 g/mol. The van der Waals surface area contributed by atoms with E-state index in [1.54, 1.807) is 17.4 Å². The van der Waals surface area contributed by atoms with Gasteiger partial charge in [-0.2, -0.15) is 0 Å². The van der Waals surface area contributed by atoms with Crippen molar-refractivity contribution in [3.8, 4) is 0 Å². The summed E-state index contributed by atoms with van der Waals surface area (Å²) in [4.78, 5) is 24.3. The van der Waals surface area contributed by atoms with Crippen molar-refractivity contribution in [3.05, 3.63) is 24.2 Å². The van der Waals surface area contributed by atoms with Crippen molar-refractivity contribution in [2.75, 3.05) is 13.1 Å². The van der Waals surface area contributed by atoms with Crippen molar-refractivity contribution in [2.45, 2.75) is 32.2 Å². The number of hydrogen-bond acceptors (Lipinski definition) is 3. The number of nitrogens with one attached hydrogen (secondary N) is 1. The zero-order valence-corrected chi connectivity index (χ0v) is 11.4. The number of rotatable bonds is 5. The highest BCUT2D eigenvalue weighted by atomic mass is 16.4. The Morgan fingerprint density at radius 2 is 2.15 bits per heavy atom. The van der Waals surface area contributed by atoms with E-state index in [1.165, 1.54) is 0 Å². The minimum Gasteiger partial charge on any atom is -0.481 e. The van der Waals surface area contributed by atoms with E-state index in [1.807, 2.05) is 6.07 Å². The molecule has 1 aliphatic rings.